The second-order valence-corrected chi connectivity index (χ2v) is 3.68. The van der Waals surface area contributed by atoms with Crippen LogP contribution in [0.2, 0.25) is 0 Å². The third kappa shape index (κ3) is 2.91. The van der Waals surface area contributed by atoms with E-state index in [1.54, 1.807) is 0 Å². The fourth-order valence-corrected chi connectivity index (χ4v) is 1.31. The van der Waals surface area contributed by atoms with Crippen LogP contribution in [0, 0.1) is 0 Å². The van der Waals surface area contributed by atoms with E-state index in [1.165, 1.54) is 5.57 Å². The standard InChI is InChI=1S/C11H19N3/c1-5-10-11(8-14(4)13-10)12-7-6-9(2)3/h6,8,12H,5,7H2,1-4H3. The van der Waals surface area contributed by atoms with Gasteiger partial charge in [0.1, 0.15) is 0 Å². The fourth-order valence-electron chi connectivity index (χ4n) is 1.31. The van der Waals surface area contributed by atoms with Gasteiger partial charge < -0.3 is 5.32 Å². The Morgan fingerprint density at radius 1 is 1.57 bits per heavy atom. The molecular weight excluding hydrogens is 174 g/mol. The lowest BCUT2D eigenvalue weighted by Crippen LogP contribution is -2.00. The minimum Gasteiger partial charge on any atom is -0.379 e. The number of anilines is 1. The first-order chi connectivity index (χ1) is 6.63. The normalized spacial score (nSPS) is 10.0. The molecule has 1 heterocycles. The van der Waals surface area contributed by atoms with Crippen molar-refractivity contribution in [3.63, 3.8) is 0 Å². The zero-order chi connectivity index (χ0) is 10.6. The van der Waals surface area contributed by atoms with E-state index in [2.05, 4.69) is 37.3 Å². The van der Waals surface area contributed by atoms with Gasteiger partial charge in [0.05, 0.1) is 11.4 Å². The Balaban J connectivity index is 2.61. The zero-order valence-electron chi connectivity index (χ0n) is 9.46. The molecule has 0 spiro atoms. The molecule has 1 aromatic heterocycles. The van der Waals surface area contributed by atoms with E-state index in [4.69, 9.17) is 0 Å². The number of aromatic nitrogens is 2. The van der Waals surface area contributed by atoms with Gasteiger partial charge in [-0.1, -0.05) is 18.6 Å². The highest BCUT2D eigenvalue weighted by Gasteiger charge is 2.03. The van der Waals surface area contributed by atoms with Crippen LogP contribution in [-0.4, -0.2) is 16.3 Å². The van der Waals surface area contributed by atoms with Crippen LogP contribution in [0.4, 0.5) is 5.69 Å². The van der Waals surface area contributed by atoms with Crippen molar-refractivity contribution in [3.8, 4) is 0 Å². The molecule has 0 aliphatic rings. The molecular formula is C11H19N3. The zero-order valence-corrected chi connectivity index (χ0v) is 9.46. The van der Waals surface area contributed by atoms with Crippen LogP contribution < -0.4 is 5.32 Å². The lowest BCUT2D eigenvalue weighted by molar-refractivity contribution is 0.746. The van der Waals surface area contributed by atoms with E-state index in [0.29, 0.717) is 0 Å². The Bertz CT molecular complexity index is 319. The number of aryl methyl sites for hydroxylation is 2. The molecule has 0 saturated carbocycles. The van der Waals surface area contributed by atoms with Crippen molar-refractivity contribution in [1.82, 2.24) is 9.78 Å². The first kappa shape index (κ1) is 10.8. The van der Waals surface area contributed by atoms with Crippen molar-refractivity contribution in [3.05, 3.63) is 23.5 Å². The van der Waals surface area contributed by atoms with Crippen molar-refractivity contribution >= 4 is 5.69 Å². The van der Waals surface area contributed by atoms with Gasteiger partial charge in [-0.25, -0.2) is 0 Å². The largest absolute Gasteiger partial charge is 0.379 e. The second-order valence-electron chi connectivity index (χ2n) is 3.68. The van der Waals surface area contributed by atoms with E-state index in [-0.39, 0.29) is 0 Å². The van der Waals surface area contributed by atoms with Crippen molar-refractivity contribution in [2.24, 2.45) is 7.05 Å². The summed E-state index contributed by atoms with van der Waals surface area (Å²) in [4.78, 5) is 0. The lowest BCUT2D eigenvalue weighted by Gasteiger charge is -2.01. The number of hydrogen-bond acceptors (Lipinski definition) is 2. The van der Waals surface area contributed by atoms with Gasteiger partial charge in [-0.15, -0.1) is 0 Å². The molecule has 0 saturated heterocycles. The Morgan fingerprint density at radius 2 is 2.29 bits per heavy atom. The summed E-state index contributed by atoms with van der Waals surface area (Å²) < 4.78 is 1.85. The smallest absolute Gasteiger partial charge is 0.0853 e. The average Bonchev–Trinajstić information content (AvgIpc) is 2.45. The van der Waals surface area contributed by atoms with Gasteiger partial charge in [0, 0.05) is 19.8 Å². The Morgan fingerprint density at radius 3 is 2.86 bits per heavy atom. The van der Waals surface area contributed by atoms with Crippen molar-refractivity contribution < 1.29 is 0 Å². The number of hydrogen-bond donors (Lipinski definition) is 1. The van der Waals surface area contributed by atoms with Crippen LogP contribution in [0.5, 0.6) is 0 Å². The molecule has 0 aliphatic heterocycles. The molecule has 78 valence electrons. The number of nitrogens with one attached hydrogen (secondary N) is 1. The molecule has 3 nitrogen and oxygen atoms in total. The van der Waals surface area contributed by atoms with Crippen molar-refractivity contribution in [2.45, 2.75) is 27.2 Å². The molecule has 0 aromatic carbocycles. The predicted octanol–water partition coefficient (Wildman–Crippen LogP) is 2.36. The molecule has 1 aromatic rings. The maximum Gasteiger partial charge on any atom is 0.0853 e. The van der Waals surface area contributed by atoms with Crippen molar-refractivity contribution in [1.29, 1.82) is 0 Å². The number of allylic oxidation sites excluding steroid dienone is 1. The SMILES string of the molecule is CCc1nn(C)cc1NCC=C(C)C. The fraction of sp³-hybridized carbons (Fsp3) is 0.545. The third-order valence-electron chi connectivity index (χ3n) is 2.04. The molecule has 0 unspecified atom stereocenters. The molecule has 1 N–H and O–H groups in total. The first-order valence-corrected chi connectivity index (χ1v) is 5.03. The summed E-state index contributed by atoms with van der Waals surface area (Å²) in [6.07, 6.45) is 5.17. The average molecular weight is 193 g/mol. The van der Waals surface area contributed by atoms with Gasteiger partial charge in [0.25, 0.3) is 0 Å². The molecule has 0 fully saturated rings. The Kier molecular flexibility index (Phi) is 3.74. The van der Waals surface area contributed by atoms with Crippen LogP contribution in [0.1, 0.15) is 26.5 Å². The predicted molar refractivity (Wildman–Crippen MR) is 60.5 cm³/mol. The van der Waals surface area contributed by atoms with Gasteiger partial charge in [-0.05, 0) is 20.3 Å². The van der Waals surface area contributed by atoms with Crippen LogP contribution in [0.25, 0.3) is 0 Å². The first-order valence-electron chi connectivity index (χ1n) is 5.03. The molecule has 0 amide bonds. The molecule has 0 radical (unpaired) electrons. The summed E-state index contributed by atoms with van der Waals surface area (Å²) >= 11 is 0. The van der Waals surface area contributed by atoms with E-state index in [9.17, 15) is 0 Å². The highest BCUT2D eigenvalue weighted by atomic mass is 15.3. The molecule has 1 rings (SSSR count). The van der Waals surface area contributed by atoms with E-state index in [0.717, 1.165) is 24.3 Å². The summed E-state index contributed by atoms with van der Waals surface area (Å²) in [5, 5.41) is 7.72. The molecule has 0 bridgehead atoms. The molecule has 0 aliphatic carbocycles. The summed E-state index contributed by atoms with van der Waals surface area (Å²) in [7, 11) is 1.95. The van der Waals surface area contributed by atoms with Gasteiger partial charge in [-0.3, -0.25) is 4.68 Å². The third-order valence-corrected chi connectivity index (χ3v) is 2.04. The summed E-state index contributed by atoms with van der Waals surface area (Å²) in [6, 6.07) is 0. The topological polar surface area (TPSA) is 29.9 Å². The quantitative estimate of drug-likeness (QED) is 0.744. The Hall–Kier alpha value is -1.25. The van der Waals surface area contributed by atoms with Gasteiger partial charge in [-0.2, -0.15) is 5.10 Å². The van der Waals surface area contributed by atoms with E-state index < -0.39 is 0 Å². The molecule has 3 heteroatoms. The summed E-state index contributed by atoms with van der Waals surface area (Å²) in [5.41, 5.74) is 3.61. The number of nitrogens with zero attached hydrogens (tertiary/aromatic N) is 2. The van der Waals surface area contributed by atoms with Crippen LogP contribution >= 0.6 is 0 Å². The highest BCUT2D eigenvalue weighted by Crippen LogP contribution is 2.13. The van der Waals surface area contributed by atoms with Gasteiger partial charge in [0.15, 0.2) is 0 Å². The van der Waals surface area contributed by atoms with Crippen molar-refractivity contribution in [2.75, 3.05) is 11.9 Å². The van der Waals surface area contributed by atoms with Crippen LogP contribution in [0.15, 0.2) is 17.8 Å². The monoisotopic (exact) mass is 193 g/mol. The van der Waals surface area contributed by atoms with Crippen LogP contribution in [0.3, 0.4) is 0 Å². The summed E-state index contributed by atoms with van der Waals surface area (Å²) in [5.74, 6) is 0. The minimum atomic E-state index is 0.876. The molecule has 14 heavy (non-hydrogen) atoms. The molecule has 0 atom stereocenters. The van der Waals surface area contributed by atoms with E-state index in [1.807, 2.05) is 17.9 Å². The highest BCUT2D eigenvalue weighted by molar-refractivity contribution is 5.46. The maximum absolute atomic E-state index is 4.36. The van der Waals surface area contributed by atoms with Gasteiger partial charge in [0.2, 0.25) is 0 Å². The van der Waals surface area contributed by atoms with Gasteiger partial charge >= 0.3 is 0 Å². The maximum atomic E-state index is 4.36. The Labute approximate surface area is 85.8 Å². The van der Waals surface area contributed by atoms with Crippen LogP contribution in [-0.2, 0) is 13.5 Å². The second kappa shape index (κ2) is 4.84. The van der Waals surface area contributed by atoms with E-state index >= 15 is 0 Å². The summed E-state index contributed by atoms with van der Waals surface area (Å²) in [6.45, 7) is 7.20. The minimum absolute atomic E-state index is 0.876. The lowest BCUT2D eigenvalue weighted by atomic mass is 10.3. The number of rotatable bonds is 4.